The Morgan fingerprint density at radius 3 is 2.57 bits per heavy atom. The predicted molar refractivity (Wildman–Crippen MR) is 101 cm³/mol. The number of primary amides is 1. The number of amides is 1. The van der Waals surface area contributed by atoms with Crippen molar-refractivity contribution in [3.63, 3.8) is 0 Å². The quantitative estimate of drug-likeness (QED) is 0.669. The topological polar surface area (TPSA) is 90.1 Å². The molecule has 6 nitrogen and oxygen atoms in total. The van der Waals surface area contributed by atoms with Crippen molar-refractivity contribution in [2.24, 2.45) is 5.73 Å². The van der Waals surface area contributed by atoms with E-state index in [0.717, 1.165) is 12.1 Å². The van der Waals surface area contributed by atoms with Gasteiger partial charge in [-0.05, 0) is 50.2 Å². The highest BCUT2D eigenvalue weighted by molar-refractivity contribution is 5.97. The van der Waals surface area contributed by atoms with Gasteiger partial charge in [0.2, 0.25) is 5.95 Å². The Morgan fingerprint density at radius 2 is 1.89 bits per heavy atom. The summed E-state index contributed by atoms with van der Waals surface area (Å²) in [6, 6.07) is 10.0. The van der Waals surface area contributed by atoms with Crippen LogP contribution in [0.5, 0.6) is 5.75 Å². The molecule has 0 aliphatic carbocycles. The molecule has 1 heterocycles. The highest BCUT2D eigenvalue weighted by Crippen LogP contribution is 2.27. The van der Waals surface area contributed by atoms with Crippen LogP contribution >= 0.6 is 0 Å². The zero-order chi connectivity index (χ0) is 20.3. The van der Waals surface area contributed by atoms with Gasteiger partial charge >= 0.3 is 0 Å². The summed E-state index contributed by atoms with van der Waals surface area (Å²) in [6.45, 7) is 3.69. The Hall–Kier alpha value is -3.55. The lowest BCUT2D eigenvalue weighted by Gasteiger charge is -2.14. The first-order valence-corrected chi connectivity index (χ1v) is 8.49. The number of nitrogens with two attached hydrogens (primary N) is 1. The van der Waals surface area contributed by atoms with E-state index in [4.69, 9.17) is 10.5 Å². The number of halogens is 2. The van der Waals surface area contributed by atoms with E-state index in [2.05, 4.69) is 15.3 Å². The molecule has 1 amide bonds. The van der Waals surface area contributed by atoms with Crippen LogP contribution in [-0.2, 0) is 0 Å². The Labute approximate surface area is 160 Å². The Balaban J connectivity index is 1.91. The fourth-order valence-electron chi connectivity index (χ4n) is 2.52. The van der Waals surface area contributed by atoms with Crippen LogP contribution in [0.1, 0.15) is 24.2 Å². The molecule has 0 spiro atoms. The lowest BCUT2D eigenvalue weighted by atomic mass is 10.1. The van der Waals surface area contributed by atoms with Crippen LogP contribution in [0.2, 0.25) is 0 Å². The highest BCUT2D eigenvalue weighted by atomic mass is 19.2. The summed E-state index contributed by atoms with van der Waals surface area (Å²) < 4.78 is 32.0. The first-order valence-electron chi connectivity index (χ1n) is 8.49. The monoisotopic (exact) mass is 384 g/mol. The summed E-state index contributed by atoms with van der Waals surface area (Å²) in [5, 5.41) is 2.81. The molecule has 8 heteroatoms. The average molecular weight is 384 g/mol. The molecule has 0 aliphatic rings. The summed E-state index contributed by atoms with van der Waals surface area (Å²) in [5.74, 6) is -1.96. The molecule has 3 N–H and O–H groups in total. The zero-order valence-electron chi connectivity index (χ0n) is 15.2. The summed E-state index contributed by atoms with van der Waals surface area (Å²) in [5.41, 5.74) is 7.14. The average Bonchev–Trinajstić information content (AvgIpc) is 2.64. The van der Waals surface area contributed by atoms with E-state index in [1.165, 1.54) is 12.3 Å². The van der Waals surface area contributed by atoms with Gasteiger partial charge in [0.1, 0.15) is 5.75 Å². The molecule has 2 aromatic carbocycles. The second-order valence-corrected chi connectivity index (χ2v) is 6.26. The maximum Gasteiger partial charge on any atom is 0.252 e. The Bertz CT molecular complexity index is 1020. The number of hydrogen-bond acceptors (Lipinski definition) is 5. The number of anilines is 2. The van der Waals surface area contributed by atoms with Crippen molar-refractivity contribution < 1.29 is 18.3 Å². The molecule has 0 radical (unpaired) electrons. The third-order valence-corrected chi connectivity index (χ3v) is 3.73. The molecule has 0 saturated carbocycles. The molecule has 0 bridgehead atoms. The molecule has 1 aromatic heterocycles. The van der Waals surface area contributed by atoms with E-state index in [-0.39, 0.29) is 17.6 Å². The molecule has 3 aromatic rings. The largest absolute Gasteiger partial charge is 0.490 e. The normalized spacial score (nSPS) is 10.8. The second kappa shape index (κ2) is 7.99. The molecule has 0 saturated heterocycles. The molecule has 0 aliphatic heterocycles. The summed E-state index contributed by atoms with van der Waals surface area (Å²) >= 11 is 0. The predicted octanol–water partition coefficient (Wildman–Crippen LogP) is 4.05. The minimum Gasteiger partial charge on any atom is -0.490 e. The van der Waals surface area contributed by atoms with E-state index < -0.39 is 17.5 Å². The first-order chi connectivity index (χ1) is 13.3. The fraction of sp³-hybridized carbons (Fsp3) is 0.150. The molecule has 0 atom stereocenters. The van der Waals surface area contributed by atoms with Crippen molar-refractivity contribution >= 4 is 17.5 Å². The third kappa shape index (κ3) is 4.40. The van der Waals surface area contributed by atoms with Crippen molar-refractivity contribution in [3.8, 4) is 17.0 Å². The number of aromatic nitrogens is 2. The standard InChI is InChI=1S/C20H18F2N4O2/c1-11(2)28-18-6-3-12(9-14(18)19(23)27)17-7-8-24-20(26-17)25-13-4-5-15(21)16(22)10-13/h3-11H,1-2H3,(H2,23,27)(H,24,25,26). The number of carbonyl (C=O) groups excluding carboxylic acids is 1. The van der Waals surface area contributed by atoms with E-state index in [9.17, 15) is 13.6 Å². The Kier molecular flexibility index (Phi) is 5.49. The first kappa shape index (κ1) is 19.2. The number of benzene rings is 2. The van der Waals surface area contributed by atoms with Crippen LogP contribution in [0.4, 0.5) is 20.4 Å². The number of ether oxygens (including phenoxy) is 1. The van der Waals surface area contributed by atoms with Crippen LogP contribution in [0.15, 0.2) is 48.7 Å². The maximum atomic E-state index is 13.4. The molecule has 3 rings (SSSR count). The van der Waals surface area contributed by atoms with Gasteiger partial charge in [-0.15, -0.1) is 0 Å². The fourth-order valence-corrected chi connectivity index (χ4v) is 2.52. The van der Waals surface area contributed by atoms with Gasteiger partial charge in [-0.3, -0.25) is 4.79 Å². The van der Waals surface area contributed by atoms with Crippen molar-refractivity contribution in [2.75, 3.05) is 5.32 Å². The van der Waals surface area contributed by atoms with Gasteiger partial charge < -0.3 is 15.8 Å². The van der Waals surface area contributed by atoms with Gasteiger partial charge in [0.25, 0.3) is 5.91 Å². The molecule has 144 valence electrons. The minimum absolute atomic E-state index is 0.116. The maximum absolute atomic E-state index is 13.4. The molecule has 0 unspecified atom stereocenters. The molecular weight excluding hydrogens is 366 g/mol. The Morgan fingerprint density at radius 1 is 1.11 bits per heavy atom. The lowest BCUT2D eigenvalue weighted by molar-refractivity contribution is 0.0994. The van der Waals surface area contributed by atoms with Crippen molar-refractivity contribution in [1.29, 1.82) is 0 Å². The van der Waals surface area contributed by atoms with Crippen molar-refractivity contribution in [2.45, 2.75) is 20.0 Å². The SMILES string of the molecule is CC(C)Oc1ccc(-c2ccnc(Nc3ccc(F)c(F)c3)n2)cc1C(N)=O. The van der Waals surface area contributed by atoms with Gasteiger partial charge in [-0.2, -0.15) is 0 Å². The van der Waals surface area contributed by atoms with Gasteiger partial charge in [0.05, 0.1) is 17.4 Å². The van der Waals surface area contributed by atoms with E-state index in [1.807, 2.05) is 13.8 Å². The zero-order valence-corrected chi connectivity index (χ0v) is 15.2. The molecular formula is C20H18F2N4O2. The summed E-state index contributed by atoms with van der Waals surface area (Å²) in [4.78, 5) is 20.2. The number of nitrogens with zero attached hydrogens (tertiary/aromatic N) is 2. The number of hydrogen-bond donors (Lipinski definition) is 2. The van der Waals surface area contributed by atoms with Crippen molar-refractivity contribution in [3.05, 3.63) is 65.9 Å². The van der Waals surface area contributed by atoms with Gasteiger partial charge in [0.15, 0.2) is 11.6 Å². The summed E-state index contributed by atoms with van der Waals surface area (Å²) in [6.07, 6.45) is 1.39. The highest BCUT2D eigenvalue weighted by Gasteiger charge is 2.14. The third-order valence-electron chi connectivity index (χ3n) is 3.73. The van der Waals surface area contributed by atoms with Gasteiger partial charge in [0, 0.05) is 23.5 Å². The molecule has 28 heavy (non-hydrogen) atoms. The van der Waals surface area contributed by atoms with Gasteiger partial charge in [-0.1, -0.05) is 0 Å². The van der Waals surface area contributed by atoms with Crippen LogP contribution in [0, 0.1) is 11.6 Å². The van der Waals surface area contributed by atoms with E-state index >= 15 is 0 Å². The van der Waals surface area contributed by atoms with Crippen molar-refractivity contribution in [1.82, 2.24) is 9.97 Å². The van der Waals surface area contributed by atoms with Gasteiger partial charge in [-0.25, -0.2) is 18.7 Å². The summed E-state index contributed by atoms with van der Waals surface area (Å²) in [7, 11) is 0. The van der Waals surface area contributed by atoms with E-state index in [0.29, 0.717) is 22.7 Å². The number of rotatable bonds is 6. The van der Waals surface area contributed by atoms with Crippen LogP contribution in [0.3, 0.4) is 0 Å². The minimum atomic E-state index is -0.979. The van der Waals surface area contributed by atoms with Crippen LogP contribution < -0.4 is 15.8 Å². The van der Waals surface area contributed by atoms with E-state index in [1.54, 1.807) is 24.3 Å². The number of carbonyl (C=O) groups is 1. The second-order valence-electron chi connectivity index (χ2n) is 6.26. The lowest BCUT2D eigenvalue weighted by Crippen LogP contribution is -2.15. The smallest absolute Gasteiger partial charge is 0.252 e. The number of nitrogens with one attached hydrogen (secondary N) is 1. The van der Waals surface area contributed by atoms with Crippen LogP contribution in [0.25, 0.3) is 11.3 Å². The van der Waals surface area contributed by atoms with Crippen LogP contribution in [-0.4, -0.2) is 22.0 Å². The molecule has 0 fully saturated rings.